The van der Waals surface area contributed by atoms with E-state index in [1.54, 1.807) is 24.3 Å². The first kappa shape index (κ1) is 12.1. The average Bonchev–Trinajstić information content (AvgIpc) is 2.65. The highest BCUT2D eigenvalue weighted by molar-refractivity contribution is 6.23. The van der Waals surface area contributed by atoms with Gasteiger partial charge in [0.05, 0.1) is 16.8 Å². The van der Waals surface area contributed by atoms with Crippen LogP contribution in [-0.2, 0) is 0 Å². The van der Waals surface area contributed by atoms with Gasteiger partial charge in [-0.15, -0.1) is 13.2 Å². The van der Waals surface area contributed by atoms with E-state index in [-0.39, 0.29) is 11.8 Å². The largest absolute Gasteiger partial charge is 0.363 e. The summed E-state index contributed by atoms with van der Waals surface area (Å²) < 4.78 is 0. The zero-order valence-electron chi connectivity index (χ0n) is 9.98. The van der Waals surface area contributed by atoms with Crippen molar-refractivity contribution in [1.82, 2.24) is 5.32 Å². The molecule has 92 valence electrons. The van der Waals surface area contributed by atoms with Gasteiger partial charge in [-0.1, -0.05) is 18.2 Å². The van der Waals surface area contributed by atoms with Crippen molar-refractivity contribution >= 4 is 17.5 Å². The van der Waals surface area contributed by atoms with Crippen molar-refractivity contribution in [3.8, 4) is 0 Å². The van der Waals surface area contributed by atoms with Crippen LogP contribution in [0.3, 0.4) is 0 Å². The minimum atomic E-state index is -0.344. The minimum Gasteiger partial charge on any atom is -0.363 e. The lowest BCUT2D eigenvalue weighted by Gasteiger charge is -2.23. The summed E-state index contributed by atoms with van der Waals surface area (Å²) in [6, 6.07) is 5.24. The zero-order chi connectivity index (χ0) is 13.1. The molecule has 0 saturated carbocycles. The maximum atomic E-state index is 11.8. The summed E-state index contributed by atoms with van der Waals surface area (Å²) in [4.78, 5) is 25.3. The van der Waals surface area contributed by atoms with Crippen molar-refractivity contribution in [2.45, 2.75) is 0 Å². The Morgan fingerprint density at radius 2 is 1.78 bits per heavy atom. The molecule has 1 heterocycles. The number of carbonyl (C=O) groups is 2. The molecule has 0 atom stereocenters. The molecule has 1 aromatic carbocycles. The smallest absolute Gasteiger partial charge is 0.261 e. The number of anilines is 1. The van der Waals surface area contributed by atoms with Crippen LogP contribution in [0.15, 0.2) is 43.5 Å². The molecule has 4 nitrogen and oxygen atoms in total. The molecule has 4 heteroatoms. The molecule has 1 aliphatic rings. The Morgan fingerprint density at radius 3 is 2.39 bits per heavy atom. The number of amides is 2. The quantitative estimate of drug-likeness (QED) is 0.632. The number of rotatable bonds is 5. The van der Waals surface area contributed by atoms with Gasteiger partial charge in [-0.2, -0.15) is 0 Å². The molecule has 1 N–H and O–H groups in total. The first-order chi connectivity index (χ1) is 8.69. The summed E-state index contributed by atoms with van der Waals surface area (Å²) in [5, 5.41) is 2.31. The van der Waals surface area contributed by atoms with Crippen LogP contribution in [0.4, 0.5) is 5.69 Å². The van der Waals surface area contributed by atoms with E-state index >= 15 is 0 Å². The maximum Gasteiger partial charge on any atom is 0.261 e. The fourth-order valence-electron chi connectivity index (χ4n) is 2.05. The standard InChI is InChI=1S/C14H14N2O2/c1-3-8-16(9-4-2)11-7-5-6-10-12(11)14(18)15-13(10)17/h3-7H,1-2,8-9H2,(H,15,17,18). The molecule has 18 heavy (non-hydrogen) atoms. The van der Waals surface area contributed by atoms with Gasteiger partial charge in [-0.05, 0) is 12.1 Å². The lowest BCUT2D eigenvalue weighted by atomic mass is 10.1. The fraction of sp³-hybridized carbons (Fsp3) is 0.143. The number of benzene rings is 1. The number of carbonyl (C=O) groups excluding carboxylic acids is 2. The van der Waals surface area contributed by atoms with Crippen molar-refractivity contribution in [3.05, 3.63) is 54.6 Å². The molecule has 0 fully saturated rings. The van der Waals surface area contributed by atoms with Crippen molar-refractivity contribution < 1.29 is 9.59 Å². The molecular formula is C14H14N2O2. The topological polar surface area (TPSA) is 49.4 Å². The predicted molar refractivity (Wildman–Crippen MR) is 70.8 cm³/mol. The Labute approximate surface area is 106 Å². The molecule has 0 spiro atoms. The first-order valence-electron chi connectivity index (χ1n) is 5.64. The van der Waals surface area contributed by atoms with Gasteiger partial charge in [-0.25, -0.2) is 0 Å². The monoisotopic (exact) mass is 242 g/mol. The van der Waals surface area contributed by atoms with Gasteiger partial charge in [0.15, 0.2) is 0 Å². The van der Waals surface area contributed by atoms with Crippen LogP contribution >= 0.6 is 0 Å². The summed E-state index contributed by atoms with van der Waals surface area (Å²) in [6.07, 6.45) is 3.50. The Kier molecular flexibility index (Phi) is 3.28. The summed E-state index contributed by atoms with van der Waals surface area (Å²) in [7, 11) is 0. The highest BCUT2D eigenvalue weighted by Crippen LogP contribution is 2.27. The molecule has 0 unspecified atom stereocenters. The van der Waals surface area contributed by atoms with Gasteiger partial charge in [-0.3, -0.25) is 14.9 Å². The van der Waals surface area contributed by atoms with E-state index in [0.29, 0.717) is 24.2 Å². The van der Waals surface area contributed by atoms with E-state index in [1.165, 1.54) is 0 Å². The van der Waals surface area contributed by atoms with Crippen LogP contribution in [0.1, 0.15) is 20.7 Å². The Bertz CT molecular complexity index is 525. The molecule has 1 aliphatic heterocycles. The number of nitrogens with zero attached hydrogens (tertiary/aromatic N) is 1. The SMILES string of the molecule is C=CCN(CC=C)c1cccc2c1C(=O)NC2=O. The fourth-order valence-corrected chi connectivity index (χ4v) is 2.05. The van der Waals surface area contributed by atoms with Crippen LogP contribution in [0.2, 0.25) is 0 Å². The van der Waals surface area contributed by atoms with E-state index in [4.69, 9.17) is 0 Å². The molecule has 0 aliphatic carbocycles. The highest BCUT2D eigenvalue weighted by Gasteiger charge is 2.30. The number of imide groups is 1. The van der Waals surface area contributed by atoms with Gasteiger partial charge in [0.25, 0.3) is 11.8 Å². The molecule has 0 saturated heterocycles. The summed E-state index contributed by atoms with van der Waals surface area (Å²) >= 11 is 0. The second-order valence-electron chi connectivity index (χ2n) is 3.97. The van der Waals surface area contributed by atoms with Crippen molar-refractivity contribution in [3.63, 3.8) is 0 Å². The third-order valence-corrected chi connectivity index (χ3v) is 2.78. The molecule has 0 bridgehead atoms. The molecule has 1 aromatic rings. The average molecular weight is 242 g/mol. The third-order valence-electron chi connectivity index (χ3n) is 2.78. The van der Waals surface area contributed by atoms with E-state index in [2.05, 4.69) is 18.5 Å². The normalized spacial score (nSPS) is 12.9. The maximum absolute atomic E-state index is 11.8. The number of hydrogen-bond acceptors (Lipinski definition) is 3. The molecule has 0 radical (unpaired) electrons. The molecule has 2 amide bonds. The first-order valence-corrected chi connectivity index (χ1v) is 5.64. The van der Waals surface area contributed by atoms with Crippen molar-refractivity contribution in [2.75, 3.05) is 18.0 Å². The van der Waals surface area contributed by atoms with Gasteiger partial charge in [0, 0.05) is 13.1 Å². The molecular weight excluding hydrogens is 228 g/mol. The Balaban J connectivity index is 2.51. The number of nitrogens with one attached hydrogen (secondary N) is 1. The van der Waals surface area contributed by atoms with Gasteiger partial charge in [0.1, 0.15) is 0 Å². The van der Waals surface area contributed by atoms with Crippen LogP contribution in [0.5, 0.6) is 0 Å². The minimum absolute atomic E-state index is 0.339. The van der Waals surface area contributed by atoms with E-state index in [0.717, 1.165) is 5.69 Å². The van der Waals surface area contributed by atoms with Gasteiger partial charge in [0.2, 0.25) is 0 Å². The van der Waals surface area contributed by atoms with Crippen LogP contribution in [-0.4, -0.2) is 24.9 Å². The van der Waals surface area contributed by atoms with Crippen molar-refractivity contribution in [1.29, 1.82) is 0 Å². The lowest BCUT2D eigenvalue weighted by Crippen LogP contribution is -2.26. The predicted octanol–water partition coefficient (Wildman–Crippen LogP) is 1.75. The summed E-state index contributed by atoms with van der Waals surface area (Å²) in [5.41, 5.74) is 1.59. The lowest BCUT2D eigenvalue weighted by molar-refractivity contribution is 0.0880. The summed E-state index contributed by atoms with van der Waals surface area (Å²) in [6.45, 7) is 8.56. The Morgan fingerprint density at radius 1 is 1.11 bits per heavy atom. The highest BCUT2D eigenvalue weighted by atomic mass is 16.2. The van der Waals surface area contributed by atoms with E-state index in [1.807, 2.05) is 11.0 Å². The van der Waals surface area contributed by atoms with E-state index < -0.39 is 0 Å². The van der Waals surface area contributed by atoms with Crippen molar-refractivity contribution in [2.24, 2.45) is 0 Å². The zero-order valence-corrected chi connectivity index (χ0v) is 9.98. The van der Waals surface area contributed by atoms with Crippen LogP contribution < -0.4 is 10.2 Å². The van der Waals surface area contributed by atoms with Gasteiger partial charge < -0.3 is 4.90 Å². The van der Waals surface area contributed by atoms with Gasteiger partial charge >= 0.3 is 0 Å². The second kappa shape index (κ2) is 4.87. The van der Waals surface area contributed by atoms with E-state index in [9.17, 15) is 9.59 Å². The number of hydrogen-bond donors (Lipinski definition) is 1. The number of fused-ring (bicyclic) bond motifs is 1. The second-order valence-corrected chi connectivity index (χ2v) is 3.97. The van der Waals surface area contributed by atoms with Crippen LogP contribution in [0.25, 0.3) is 0 Å². The van der Waals surface area contributed by atoms with Crippen LogP contribution in [0, 0.1) is 0 Å². The summed E-state index contributed by atoms with van der Waals surface area (Å²) in [5.74, 6) is -0.683. The molecule has 0 aromatic heterocycles. The molecule has 2 rings (SSSR count). The third kappa shape index (κ3) is 1.93. The Hall–Kier alpha value is -2.36.